The van der Waals surface area contributed by atoms with E-state index in [1.807, 2.05) is 50.1 Å². The standard InChI is InChI=1S/C31H45N3O4Si/c1-30(2,3)28(38-39(7)8)26-22(24-11-9-10-18-32-24)13-14-23-25(33-37-27(23)26)15-12-21-16-19-34(20-17-21)29(35)36-31(4,5)6/h9-11,13-14,18,21,28,39H,12,15-17,19-20H2,1-8H3. The van der Waals surface area contributed by atoms with Gasteiger partial charge in [-0.2, -0.15) is 0 Å². The highest BCUT2D eigenvalue weighted by molar-refractivity contribution is 6.48. The molecule has 39 heavy (non-hydrogen) atoms. The van der Waals surface area contributed by atoms with Crippen molar-refractivity contribution in [2.24, 2.45) is 11.3 Å². The minimum absolute atomic E-state index is 0.135. The van der Waals surface area contributed by atoms with Crippen LogP contribution in [0.1, 0.15) is 78.2 Å². The highest BCUT2D eigenvalue weighted by atomic mass is 28.3. The maximum absolute atomic E-state index is 12.4. The molecule has 8 heteroatoms. The van der Waals surface area contributed by atoms with E-state index in [1.165, 1.54) is 0 Å². The molecule has 1 unspecified atom stereocenters. The lowest BCUT2D eigenvalue weighted by atomic mass is 9.81. The Hall–Kier alpha value is -2.71. The Labute approximate surface area is 235 Å². The molecule has 1 saturated heterocycles. The first-order valence-electron chi connectivity index (χ1n) is 14.3. The van der Waals surface area contributed by atoms with Crippen LogP contribution in [0.4, 0.5) is 4.79 Å². The quantitative estimate of drug-likeness (QED) is 0.282. The van der Waals surface area contributed by atoms with Gasteiger partial charge in [-0.3, -0.25) is 4.98 Å². The van der Waals surface area contributed by atoms with Crippen LogP contribution >= 0.6 is 0 Å². The summed E-state index contributed by atoms with van der Waals surface area (Å²) < 4.78 is 18.4. The van der Waals surface area contributed by atoms with Gasteiger partial charge in [0.15, 0.2) is 14.6 Å². The number of carbonyl (C=O) groups excluding carboxylic acids is 1. The van der Waals surface area contributed by atoms with E-state index < -0.39 is 14.6 Å². The molecule has 0 aliphatic carbocycles. The van der Waals surface area contributed by atoms with Crippen LogP contribution in [-0.2, 0) is 15.6 Å². The van der Waals surface area contributed by atoms with Crippen LogP contribution in [0.15, 0.2) is 41.1 Å². The van der Waals surface area contributed by atoms with E-state index in [9.17, 15) is 4.79 Å². The molecule has 0 spiro atoms. The van der Waals surface area contributed by atoms with Crippen molar-refractivity contribution < 1.29 is 18.5 Å². The Morgan fingerprint density at radius 1 is 1.10 bits per heavy atom. The molecule has 1 aliphatic heterocycles. The number of carbonyl (C=O) groups is 1. The lowest BCUT2D eigenvalue weighted by Crippen LogP contribution is -2.41. The summed E-state index contributed by atoms with van der Waals surface area (Å²) in [7, 11) is -1.36. The number of aromatic nitrogens is 2. The van der Waals surface area contributed by atoms with E-state index in [2.05, 4.69) is 56.1 Å². The van der Waals surface area contributed by atoms with E-state index in [1.54, 1.807) is 0 Å². The smallest absolute Gasteiger partial charge is 0.410 e. The highest BCUT2D eigenvalue weighted by Gasteiger charge is 2.34. The number of amides is 1. The Morgan fingerprint density at radius 2 is 1.82 bits per heavy atom. The second kappa shape index (κ2) is 11.8. The fraction of sp³-hybridized carbons (Fsp3) is 0.581. The molecular formula is C31H45N3O4Si. The monoisotopic (exact) mass is 551 g/mol. The molecule has 0 N–H and O–H groups in total. The second-order valence-electron chi connectivity index (χ2n) is 13.1. The number of piperidine rings is 1. The van der Waals surface area contributed by atoms with Crippen molar-refractivity contribution in [3.05, 3.63) is 47.8 Å². The number of fused-ring (bicyclic) bond motifs is 1. The van der Waals surface area contributed by atoms with Crippen molar-refractivity contribution in [2.75, 3.05) is 13.1 Å². The minimum atomic E-state index is -1.36. The third kappa shape index (κ3) is 7.28. The van der Waals surface area contributed by atoms with E-state index in [4.69, 9.17) is 13.7 Å². The van der Waals surface area contributed by atoms with Crippen LogP contribution in [0.2, 0.25) is 13.1 Å². The summed E-state index contributed by atoms with van der Waals surface area (Å²) in [6.07, 6.45) is 5.29. The van der Waals surface area contributed by atoms with E-state index in [0.717, 1.165) is 72.3 Å². The van der Waals surface area contributed by atoms with Crippen molar-refractivity contribution in [2.45, 2.75) is 92.0 Å². The van der Waals surface area contributed by atoms with Crippen LogP contribution in [0.3, 0.4) is 0 Å². The Balaban J connectivity index is 1.57. The predicted octanol–water partition coefficient (Wildman–Crippen LogP) is 7.56. The van der Waals surface area contributed by atoms with Crippen molar-refractivity contribution in [3.8, 4) is 11.3 Å². The highest BCUT2D eigenvalue weighted by Crippen LogP contribution is 2.45. The number of benzene rings is 1. The Bertz CT molecular complexity index is 1250. The van der Waals surface area contributed by atoms with E-state index in [-0.39, 0.29) is 17.6 Å². The van der Waals surface area contributed by atoms with Gasteiger partial charge in [-0.1, -0.05) is 38.1 Å². The maximum atomic E-state index is 12.4. The number of rotatable bonds is 7. The normalized spacial score (nSPS) is 16.2. The molecule has 1 fully saturated rings. The van der Waals surface area contributed by atoms with Crippen LogP contribution in [-0.4, -0.2) is 48.9 Å². The average Bonchev–Trinajstić information content (AvgIpc) is 3.28. The summed E-state index contributed by atoms with van der Waals surface area (Å²) in [4.78, 5) is 18.9. The summed E-state index contributed by atoms with van der Waals surface area (Å²) in [6.45, 7) is 18.3. The molecule has 1 aliphatic rings. The summed E-state index contributed by atoms with van der Waals surface area (Å²) in [5, 5.41) is 5.63. The van der Waals surface area contributed by atoms with Gasteiger partial charge >= 0.3 is 6.09 Å². The maximum Gasteiger partial charge on any atom is 0.410 e. The van der Waals surface area contributed by atoms with E-state index in [0.29, 0.717) is 5.92 Å². The lowest BCUT2D eigenvalue weighted by molar-refractivity contribution is 0.0181. The number of hydrogen-bond acceptors (Lipinski definition) is 6. The van der Waals surface area contributed by atoms with Gasteiger partial charge in [0.25, 0.3) is 0 Å². The van der Waals surface area contributed by atoms with Gasteiger partial charge in [0.2, 0.25) is 0 Å². The molecule has 3 aromatic rings. The molecule has 2 aromatic heterocycles. The molecule has 212 valence electrons. The molecule has 7 nitrogen and oxygen atoms in total. The van der Waals surface area contributed by atoms with Gasteiger partial charge in [-0.25, -0.2) is 4.79 Å². The summed E-state index contributed by atoms with van der Waals surface area (Å²) in [5.74, 6) is 0.542. The SMILES string of the molecule is C[SiH](C)OC(c1c(-c2ccccn2)ccc2c(CCC3CCN(C(=O)OC(C)(C)C)CC3)noc12)C(C)(C)C. The molecule has 0 bridgehead atoms. The number of aryl methyl sites for hydroxylation is 1. The molecule has 1 atom stereocenters. The molecule has 4 rings (SSSR count). The first-order valence-corrected chi connectivity index (χ1v) is 17.1. The zero-order valence-corrected chi connectivity index (χ0v) is 26.1. The van der Waals surface area contributed by atoms with Gasteiger partial charge in [-0.15, -0.1) is 0 Å². The average molecular weight is 552 g/mol. The molecule has 1 aromatic carbocycles. The van der Waals surface area contributed by atoms with Gasteiger partial charge in [0.1, 0.15) is 5.60 Å². The number of ether oxygens (including phenoxy) is 1. The number of pyridine rings is 1. The second-order valence-corrected chi connectivity index (χ2v) is 15.5. The fourth-order valence-electron chi connectivity index (χ4n) is 5.31. The third-order valence-electron chi connectivity index (χ3n) is 7.21. The van der Waals surface area contributed by atoms with Gasteiger partial charge in [0, 0.05) is 35.8 Å². The van der Waals surface area contributed by atoms with Crippen LogP contribution in [0.5, 0.6) is 0 Å². The van der Waals surface area contributed by atoms with Crippen molar-refractivity contribution in [1.29, 1.82) is 0 Å². The van der Waals surface area contributed by atoms with E-state index >= 15 is 0 Å². The Morgan fingerprint density at radius 3 is 2.41 bits per heavy atom. The summed E-state index contributed by atoms with van der Waals surface area (Å²) in [5.41, 5.74) is 4.19. The number of nitrogens with zero attached hydrogens (tertiary/aromatic N) is 3. The molecule has 3 heterocycles. The minimum Gasteiger partial charge on any atom is -0.444 e. The first-order chi connectivity index (χ1) is 18.3. The van der Waals surface area contributed by atoms with Crippen LogP contribution < -0.4 is 0 Å². The summed E-state index contributed by atoms with van der Waals surface area (Å²) in [6, 6.07) is 10.3. The zero-order valence-electron chi connectivity index (χ0n) is 24.9. The van der Waals surface area contributed by atoms with Crippen molar-refractivity contribution in [3.63, 3.8) is 0 Å². The molecule has 0 radical (unpaired) electrons. The van der Waals surface area contributed by atoms with Crippen molar-refractivity contribution >= 4 is 26.1 Å². The summed E-state index contributed by atoms with van der Waals surface area (Å²) >= 11 is 0. The molecule has 1 amide bonds. The largest absolute Gasteiger partial charge is 0.444 e. The van der Waals surface area contributed by atoms with Gasteiger partial charge in [0.05, 0.1) is 17.5 Å². The van der Waals surface area contributed by atoms with Crippen LogP contribution in [0, 0.1) is 11.3 Å². The predicted molar refractivity (Wildman–Crippen MR) is 158 cm³/mol. The number of likely N-dealkylation sites (tertiary alicyclic amines) is 1. The first kappa shape index (κ1) is 29.3. The topological polar surface area (TPSA) is 77.7 Å². The number of hydrogen-bond donors (Lipinski definition) is 0. The fourth-order valence-corrected chi connectivity index (χ4v) is 6.40. The molecule has 0 saturated carbocycles. The van der Waals surface area contributed by atoms with Gasteiger partial charge in [-0.05, 0) is 89.1 Å². The lowest BCUT2D eigenvalue weighted by Gasteiger charge is -2.34. The van der Waals surface area contributed by atoms with Crippen molar-refractivity contribution in [1.82, 2.24) is 15.0 Å². The van der Waals surface area contributed by atoms with Crippen LogP contribution in [0.25, 0.3) is 22.2 Å². The zero-order chi connectivity index (χ0) is 28.4. The molecular weight excluding hydrogens is 506 g/mol. The van der Waals surface area contributed by atoms with Gasteiger partial charge < -0.3 is 18.6 Å². The third-order valence-corrected chi connectivity index (χ3v) is 8.02. The Kier molecular flexibility index (Phi) is 8.86.